The molecule has 1 aliphatic heterocycles. The van der Waals surface area contributed by atoms with Crippen LogP contribution in [0, 0.1) is 11.3 Å². The SMILES string of the molecule is N#Cc1ccc2c(c1)Sc1cc(-c3ccc(-c4cccc(-c5nc(-c6ccccc6)nc(-c6ccccc6)n5)c4)cc3)ccc1C21c2ccccc2-c2ccccc21. The van der Waals surface area contributed by atoms with E-state index in [1.165, 1.54) is 38.3 Å². The van der Waals surface area contributed by atoms with E-state index in [4.69, 9.17) is 15.0 Å². The molecule has 5 heteroatoms. The van der Waals surface area contributed by atoms with Crippen LogP contribution in [0.15, 0.2) is 204 Å². The van der Waals surface area contributed by atoms with E-state index < -0.39 is 5.41 Å². The smallest absolute Gasteiger partial charge is 0.164 e. The van der Waals surface area contributed by atoms with Crippen molar-refractivity contribution in [1.82, 2.24) is 15.0 Å². The number of benzene rings is 8. The second kappa shape index (κ2) is 13.7. The zero-order valence-corrected chi connectivity index (χ0v) is 32.0. The first-order chi connectivity index (χ1) is 28.7. The normalized spacial score (nSPS) is 12.9. The topological polar surface area (TPSA) is 62.5 Å². The Bertz CT molecular complexity index is 2990. The Morgan fingerprint density at radius 1 is 0.362 bits per heavy atom. The van der Waals surface area contributed by atoms with E-state index in [2.05, 4.69) is 133 Å². The number of hydrogen-bond donors (Lipinski definition) is 0. The maximum Gasteiger partial charge on any atom is 0.164 e. The molecule has 1 aliphatic carbocycles. The summed E-state index contributed by atoms with van der Waals surface area (Å²) in [7, 11) is 0. The lowest BCUT2D eigenvalue weighted by Crippen LogP contribution is -2.32. The third-order valence-electron chi connectivity index (χ3n) is 11.4. The summed E-state index contributed by atoms with van der Waals surface area (Å²) in [6, 6.07) is 70.5. The fraction of sp³-hybridized carbons (Fsp3) is 0.0189. The van der Waals surface area contributed by atoms with Crippen LogP contribution < -0.4 is 0 Å². The highest BCUT2D eigenvalue weighted by Crippen LogP contribution is 2.62. The first-order valence-electron chi connectivity index (χ1n) is 19.3. The van der Waals surface area contributed by atoms with Gasteiger partial charge >= 0.3 is 0 Å². The molecular formula is C53H32N4S. The van der Waals surface area contributed by atoms with Crippen LogP contribution in [0.5, 0.6) is 0 Å². The summed E-state index contributed by atoms with van der Waals surface area (Å²) in [5, 5.41) is 9.92. The van der Waals surface area contributed by atoms with Gasteiger partial charge in [0.25, 0.3) is 0 Å². The second-order valence-electron chi connectivity index (χ2n) is 14.7. The molecule has 0 bridgehead atoms. The molecule has 0 N–H and O–H groups in total. The monoisotopic (exact) mass is 756 g/mol. The lowest BCUT2D eigenvalue weighted by molar-refractivity contribution is 0.722. The molecule has 9 aromatic rings. The molecule has 1 spiro atoms. The molecule has 0 radical (unpaired) electrons. The Labute approximate surface area is 341 Å². The van der Waals surface area contributed by atoms with Crippen LogP contribution in [-0.2, 0) is 5.41 Å². The van der Waals surface area contributed by atoms with E-state index in [1.807, 2.05) is 66.7 Å². The number of rotatable bonds is 5. The molecule has 58 heavy (non-hydrogen) atoms. The summed E-state index contributed by atoms with van der Waals surface area (Å²) in [6.07, 6.45) is 0. The van der Waals surface area contributed by atoms with Gasteiger partial charge in [-0.05, 0) is 79.9 Å². The standard InChI is InChI=1S/C53H32N4S/c54-33-34-22-28-46-48(30-34)58-49-32-40(27-29-47(49)53(46)44-20-9-7-18-42(44)43-19-8-10-21-45(43)53)36-25-23-35(24-26-36)39-16-11-17-41(31-39)52-56-50(37-12-3-1-4-13-37)55-51(57-52)38-14-5-2-6-15-38/h1-32H. The number of nitriles is 1. The maximum atomic E-state index is 9.92. The van der Waals surface area contributed by atoms with Crippen molar-refractivity contribution in [2.45, 2.75) is 15.2 Å². The third-order valence-corrected chi connectivity index (χ3v) is 12.6. The quantitative estimate of drug-likeness (QED) is 0.175. The molecular weight excluding hydrogens is 725 g/mol. The minimum Gasteiger partial charge on any atom is -0.208 e. The summed E-state index contributed by atoms with van der Waals surface area (Å²) in [5.41, 5.74) is 15.1. The summed E-state index contributed by atoms with van der Waals surface area (Å²) in [6.45, 7) is 0. The van der Waals surface area contributed by atoms with Crippen molar-refractivity contribution in [2.24, 2.45) is 0 Å². The Morgan fingerprint density at radius 3 is 1.40 bits per heavy atom. The molecule has 0 amide bonds. The van der Waals surface area contributed by atoms with Gasteiger partial charge < -0.3 is 0 Å². The van der Waals surface area contributed by atoms with Gasteiger partial charge in [0.2, 0.25) is 0 Å². The van der Waals surface area contributed by atoms with Crippen LogP contribution >= 0.6 is 11.8 Å². The fourth-order valence-electron chi connectivity index (χ4n) is 8.79. The van der Waals surface area contributed by atoms with Gasteiger partial charge in [0.1, 0.15) is 0 Å². The molecule has 2 aliphatic rings. The minimum atomic E-state index is -0.479. The number of fused-ring (bicyclic) bond motifs is 9. The lowest BCUT2D eigenvalue weighted by Gasteiger charge is -2.40. The molecule has 0 unspecified atom stereocenters. The molecule has 270 valence electrons. The van der Waals surface area contributed by atoms with Gasteiger partial charge in [0, 0.05) is 26.5 Å². The van der Waals surface area contributed by atoms with Crippen molar-refractivity contribution in [3.8, 4) is 73.6 Å². The molecule has 8 aromatic carbocycles. The minimum absolute atomic E-state index is 0.479. The molecule has 0 atom stereocenters. The van der Waals surface area contributed by atoms with Crippen LogP contribution in [-0.4, -0.2) is 15.0 Å². The van der Waals surface area contributed by atoms with E-state index >= 15 is 0 Å². The Kier molecular flexibility index (Phi) is 7.99. The average Bonchev–Trinajstić information content (AvgIpc) is 3.59. The van der Waals surface area contributed by atoms with Crippen molar-refractivity contribution in [3.05, 3.63) is 222 Å². The van der Waals surface area contributed by atoms with Gasteiger partial charge in [-0.25, -0.2) is 15.0 Å². The van der Waals surface area contributed by atoms with E-state index in [0.717, 1.165) is 43.8 Å². The number of aromatic nitrogens is 3. The number of hydrogen-bond acceptors (Lipinski definition) is 5. The van der Waals surface area contributed by atoms with Gasteiger partial charge in [0.15, 0.2) is 17.5 Å². The van der Waals surface area contributed by atoms with Crippen molar-refractivity contribution in [3.63, 3.8) is 0 Å². The predicted octanol–water partition coefficient (Wildman–Crippen LogP) is 12.9. The van der Waals surface area contributed by atoms with E-state index in [0.29, 0.717) is 23.0 Å². The zero-order chi connectivity index (χ0) is 38.6. The van der Waals surface area contributed by atoms with E-state index in [1.54, 1.807) is 11.8 Å². The van der Waals surface area contributed by atoms with Crippen LogP contribution in [0.3, 0.4) is 0 Å². The summed E-state index contributed by atoms with van der Waals surface area (Å²) < 4.78 is 0. The molecule has 4 nitrogen and oxygen atoms in total. The molecule has 2 heterocycles. The van der Waals surface area contributed by atoms with Crippen molar-refractivity contribution < 1.29 is 0 Å². The Morgan fingerprint density at radius 2 is 0.810 bits per heavy atom. The molecule has 0 saturated carbocycles. The highest BCUT2D eigenvalue weighted by Gasteiger charge is 2.50. The van der Waals surface area contributed by atoms with Crippen molar-refractivity contribution in [2.75, 3.05) is 0 Å². The van der Waals surface area contributed by atoms with Crippen LogP contribution in [0.1, 0.15) is 27.8 Å². The van der Waals surface area contributed by atoms with Crippen molar-refractivity contribution >= 4 is 11.8 Å². The lowest BCUT2D eigenvalue weighted by atomic mass is 9.67. The van der Waals surface area contributed by atoms with E-state index in [9.17, 15) is 5.26 Å². The predicted molar refractivity (Wildman–Crippen MR) is 233 cm³/mol. The van der Waals surface area contributed by atoms with Gasteiger partial charge in [0.05, 0.1) is 17.0 Å². The first-order valence-corrected chi connectivity index (χ1v) is 20.1. The van der Waals surface area contributed by atoms with Crippen LogP contribution in [0.2, 0.25) is 0 Å². The highest BCUT2D eigenvalue weighted by molar-refractivity contribution is 7.99. The summed E-state index contributed by atoms with van der Waals surface area (Å²) in [4.78, 5) is 17.1. The summed E-state index contributed by atoms with van der Waals surface area (Å²) >= 11 is 1.76. The number of nitrogens with zero attached hydrogens (tertiary/aromatic N) is 4. The second-order valence-corrected chi connectivity index (χ2v) is 15.8. The van der Waals surface area contributed by atoms with Gasteiger partial charge in [-0.15, -0.1) is 0 Å². The van der Waals surface area contributed by atoms with Crippen LogP contribution in [0.4, 0.5) is 0 Å². The Hall–Kier alpha value is -7.39. The fourth-order valence-corrected chi connectivity index (χ4v) is 10.1. The van der Waals surface area contributed by atoms with Gasteiger partial charge in [-0.2, -0.15) is 5.26 Å². The summed E-state index contributed by atoms with van der Waals surface area (Å²) in [5.74, 6) is 1.92. The highest BCUT2D eigenvalue weighted by atomic mass is 32.2. The van der Waals surface area contributed by atoms with Crippen molar-refractivity contribution in [1.29, 1.82) is 5.26 Å². The zero-order valence-electron chi connectivity index (χ0n) is 31.2. The van der Waals surface area contributed by atoms with E-state index in [-0.39, 0.29) is 0 Å². The average molecular weight is 757 g/mol. The van der Waals surface area contributed by atoms with Crippen LogP contribution in [0.25, 0.3) is 67.5 Å². The molecule has 1 aromatic heterocycles. The first kappa shape index (κ1) is 33.9. The third kappa shape index (κ3) is 5.42. The Balaban J connectivity index is 0.972. The molecule has 11 rings (SSSR count). The largest absolute Gasteiger partial charge is 0.208 e. The molecule has 0 saturated heterocycles. The van der Waals surface area contributed by atoms with Gasteiger partial charge in [-0.3, -0.25) is 0 Å². The molecule has 0 fully saturated rings. The maximum absolute atomic E-state index is 9.92. The van der Waals surface area contributed by atoms with Gasteiger partial charge in [-0.1, -0.05) is 182 Å².